The minimum atomic E-state index is 0. The van der Waals surface area contributed by atoms with Crippen molar-refractivity contribution in [3.63, 3.8) is 0 Å². The van der Waals surface area contributed by atoms with Gasteiger partial charge in [-0.25, -0.2) is 0 Å². The summed E-state index contributed by atoms with van der Waals surface area (Å²) in [6.07, 6.45) is 2.95. The van der Waals surface area contributed by atoms with Crippen LogP contribution in [-0.2, 0) is 15.9 Å². The molecular weight excluding hydrogens is 435 g/mol. The van der Waals surface area contributed by atoms with Crippen LogP contribution in [0.1, 0.15) is 29.9 Å². The zero-order valence-electron chi connectivity index (χ0n) is 15.5. The minimum absolute atomic E-state index is 0. The lowest BCUT2D eigenvalue weighted by molar-refractivity contribution is 0.0888. The molecule has 0 radical (unpaired) electrons. The Kier molecular flexibility index (Phi) is 11.1. The van der Waals surface area contributed by atoms with Crippen LogP contribution in [-0.4, -0.2) is 57.7 Å². The molecule has 1 aliphatic heterocycles. The number of halogens is 1. The summed E-state index contributed by atoms with van der Waals surface area (Å²) < 4.78 is 16.2. The summed E-state index contributed by atoms with van der Waals surface area (Å²) >= 11 is 0. The SMILES string of the molecule is CN=C(NCCCOCC1CCOC1)NCCc1c(C)noc1C.I. The van der Waals surface area contributed by atoms with Gasteiger partial charge in [-0.15, -0.1) is 24.0 Å². The Morgan fingerprint density at radius 3 is 2.76 bits per heavy atom. The first-order chi connectivity index (χ1) is 11.7. The summed E-state index contributed by atoms with van der Waals surface area (Å²) in [4.78, 5) is 4.23. The Labute approximate surface area is 167 Å². The second-order valence-corrected chi connectivity index (χ2v) is 6.14. The largest absolute Gasteiger partial charge is 0.381 e. The van der Waals surface area contributed by atoms with Crippen molar-refractivity contribution in [3.05, 3.63) is 17.0 Å². The van der Waals surface area contributed by atoms with E-state index in [1.807, 2.05) is 13.8 Å². The third kappa shape index (κ3) is 7.91. The van der Waals surface area contributed by atoms with Crippen molar-refractivity contribution in [1.29, 1.82) is 0 Å². The third-order valence-corrected chi connectivity index (χ3v) is 4.21. The van der Waals surface area contributed by atoms with Crippen molar-refractivity contribution >= 4 is 29.9 Å². The molecule has 7 nitrogen and oxygen atoms in total. The normalized spacial score (nSPS) is 17.4. The van der Waals surface area contributed by atoms with Gasteiger partial charge >= 0.3 is 0 Å². The molecule has 1 aliphatic rings. The monoisotopic (exact) mass is 466 g/mol. The number of rotatable bonds is 9. The molecule has 0 saturated carbocycles. The molecule has 0 aliphatic carbocycles. The number of guanidine groups is 1. The van der Waals surface area contributed by atoms with Gasteiger partial charge in [-0.1, -0.05) is 5.16 Å². The number of aryl methyl sites for hydroxylation is 2. The van der Waals surface area contributed by atoms with Crippen LogP contribution in [0, 0.1) is 19.8 Å². The van der Waals surface area contributed by atoms with Crippen molar-refractivity contribution in [2.45, 2.75) is 33.1 Å². The van der Waals surface area contributed by atoms with Crippen LogP contribution in [0.5, 0.6) is 0 Å². The summed E-state index contributed by atoms with van der Waals surface area (Å²) in [5, 5.41) is 10.6. The van der Waals surface area contributed by atoms with E-state index in [2.05, 4.69) is 20.8 Å². The van der Waals surface area contributed by atoms with E-state index in [4.69, 9.17) is 14.0 Å². The second-order valence-electron chi connectivity index (χ2n) is 6.14. The molecule has 1 aromatic heterocycles. The highest BCUT2D eigenvalue weighted by Crippen LogP contribution is 2.12. The standard InChI is InChI=1S/C17H30N4O3.HI/c1-13-16(14(2)24-21-13)5-8-20-17(18-3)19-7-4-9-22-11-15-6-10-23-12-15;/h15H,4-12H2,1-3H3,(H2,18,19,20);1H. The molecule has 0 bridgehead atoms. The fraction of sp³-hybridized carbons (Fsp3) is 0.765. The van der Waals surface area contributed by atoms with Gasteiger partial charge in [0, 0.05) is 44.8 Å². The van der Waals surface area contributed by atoms with Crippen LogP contribution in [0.15, 0.2) is 9.52 Å². The van der Waals surface area contributed by atoms with E-state index in [1.54, 1.807) is 7.05 Å². The lowest BCUT2D eigenvalue weighted by Gasteiger charge is -2.12. The molecule has 0 aromatic carbocycles. The summed E-state index contributed by atoms with van der Waals surface area (Å²) in [6.45, 7) is 8.85. The molecule has 1 unspecified atom stereocenters. The summed E-state index contributed by atoms with van der Waals surface area (Å²) in [7, 11) is 1.78. The lowest BCUT2D eigenvalue weighted by Crippen LogP contribution is -2.39. The van der Waals surface area contributed by atoms with Crippen LogP contribution in [0.3, 0.4) is 0 Å². The third-order valence-electron chi connectivity index (χ3n) is 4.21. The van der Waals surface area contributed by atoms with Gasteiger partial charge in [0.2, 0.25) is 0 Å². The van der Waals surface area contributed by atoms with Crippen molar-refractivity contribution in [2.24, 2.45) is 10.9 Å². The second kappa shape index (κ2) is 12.5. The maximum absolute atomic E-state index is 5.69. The average molecular weight is 466 g/mol. The van der Waals surface area contributed by atoms with Gasteiger partial charge in [-0.3, -0.25) is 4.99 Å². The highest BCUT2D eigenvalue weighted by Gasteiger charge is 2.15. The molecular formula is C17H31IN4O3. The van der Waals surface area contributed by atoms with Gasteiger partial charge in [0.15, 0.2) is 5.96 Å². The maximum atomic E-state index is 5.69. The average Bonchev–Trinajstić information content (AvgIpc) is 3.20. The molecule has 1 aromatic rings. The van der Waals surface area contributed by atoms with Crippen LogP contribution in [0.2, 0.25) is 0 Å². The zero-order valence-corrected chi connectivity index (χ0v) is 17.8. The number of hydrogen-bond donors (Lipinski definition) is 2. The lowest BCUT2D eigenvalue weighted by atomic mass is 10.1. The molecule has 2 N–H and O–H groups in total. The fourth-order valence-corrected chi connectivity index (χ4v) is 2.73. The van der Waals surface area contributed by atoms with E-state index in [0.29, 0.717) is 5.92 Å². The van der Waals surface area contributed by atoms with Crippen LogP contribution in [0.25, 0.3) is 0 Å². The van der Waals surface area contributed by atoms with Crippen molar-refractivity contribution < 1.29 is 14.0 Å². The first-order valence-electron chi connectivity index (χ1n) is 8.72. The number of nitrogens with zero attached hydrogens (tertiary/aromatic N) is 2. The quantitative estimate of drug-likeness (QED) is 0.251. The van der Waals surface area contributed by atoms with E-state index < -0.39 is 0 Å². The Balaban J connectivity index is 0.00000312. The van der Waals surface area contributed by atoms with Crippen LogP contribution in [0.4, 0.5) is 0 Å². The van der Waals surface area contributed by atoms with Crippen LogP contribution >= 0.6 is 24.0 Å². The molecule has 25 heavy (non-hydrogen) atoms. The maximum Gasteiger partial charge on any atom is 0.190 e. The Morgan fingerprint density at radius 1 is 1.32 bits per heavy atom. The van der Waals surface area contributed by atoms with E-state index in [1.165, 1.54) is 5.56 Å². The zero-order chi connectivity index (χ0) is 17.2. The molecule has 144 valence electrons. The molecule has 1 atom stereocenters. The van der Waals surface area contributed by atoms with E-state index in [-0.39, 0.29) is 24.0 Å². The molecule has 1 saturated heterocycles. The predicted octanol–water partition coefficient (Wildman–Crippen LogP) is 2.06. The van der Waals surface area contributed by atoms with Crippen molar-refractivity contribution in [3.8, 4) is 0 Å². The topological polar surface area (TPSA) is 80.9 Å². The van der Waals surface area contributed by atoms with Gasteiger partial charge in [0.05, 0.1) is 18.9 Å². The smallest absolute Gasteiger partial charge is 0.190 e. The van der Waals surface area contributed by atoms with Gasteiger partial charge in [0.1, 0.15) is 5.76 Å². The first-order valence-corrected chi connectivity index (χ1v) is 8.72. The van der Waals surface area contributed by atoms with Crippen molar-refractivity contribution in [1.82, 2.24) is 15.8 Å². The number of ether oxygens (including phenoxy) is 2. The molecule has 2 rings (SSSR count). The minimum Gasteiger partial charge on any atom is -0.381 e. The Hall–Kier alpha value is -0.870. The highest BCUT2D eigenvalue weighted by atomic mass is 127. The molecule has 0 spiro atoms. The highest BCUT2D eigenvalue weighted by molar-refractivity contribution is 14.0. The Morgan fingerprint density at radius 2 is 2.12 bits per heavy atom. The van der Waals surface area contributed by atoms with Gasteiger partial charge in [-0.2, -0.15) is 0 Å². The molecule has 1 fully saturated rings. The fourth-order valence-electron chi connectivity index (χ4n) is 2.73. The van der Waals surface area contributed by atoms with Crippen molar-refractivity contribution in [2.75, 3.05) is 46.6 Å². The number of hydrogen-bond acceptors (Lipinski definition) is 5. The first kappa shape index (κ1) is 22.2. The van der Waals surface area contributed by atoms with E-state index in [9.17, 15) is 0 Å². The number of aliphatic imine (C=N–C) groups is 1. The summed E-state index contributed by atoms with van der Waals surface area (Å²) in [5.74, 6) is 2.28. The van der Waals surface area contributed by atoms with Gasteiger partial charge in [-0.05, 0) is 33.1 Å². The van der Waals surface area contributed by atoms with Gasteiger partial charge < -0.3 is 24.6 Å². The Bertz CT molecular complexity index is 496. The van der Waals surface area contributed by atoms with Gasteiger partial charge in [0.25, 0.3) is 0 Å². The summed E-state index contributed by atoms with van der Waals surface area (Å²) in [5.41, 5.74) is 2.13. The van der Waals surface area contributed by atoms with E-state index in [0.717, 1.165) is 76.2 Å². The number of nitrogens with one attached hydrogen (secondary N) is 2. The molecule has 0 amide bonds. The number of aromatic nitrogens is 1. The predicted molar refractivity (Wildman–Crippen MR) is 109 cm³/mol. The van der Waals surface area contributed by atoms with Crippen LogP contribution < -0.4 is 10.6 Å². The van der Waals surface area contributed by atoms with E-state index >= 15 is 0 Å². The summed E-state index contributed by atoms with van der Waals surface area (Å²) in [6, 6.07) is 0. The molecule has 2 heterocycles. The molecule has 8 heteroatoms.